The lowest BCUT2D eigenvalue weighted by Crippen LogP contribution is -2.49. The highest BCUT2D eigenvalue weighted by molar-refractivity contribution is 5.82. The highest BCUT2D eigenvalue weighted by Crippen LogP contribution is 2.44. The van der Waals surface area contributed by atoms with Gasteiger partial charge in [-0.25, -0.2) is 9.59 Å². The summed E-state index contributed by atoms with van der Waals surface area (Å²) < 4.78 is 5.69. The maximum absolute atomic E-state index is 13.0. The van der Waals surface area contributed by atoms with E-state index in [0.29, 0.717) is 5.56 Å². The number of aliphatic carboxylic acids is 1. The third-order valence-corrected chi connectivity index (χ3v) is 6.32. The fourth-order valence-electron chi connectivity index (χ4n) is 4.74. The van der Waals surface area contributed by atoms with Crippen molar-refractivity contribution in [2.45, 2.75) is 24.9 Å². The molecule has 0 radical (unpaired) electrons. The summed E-state index contributed by atoms with van der Waals surface area (Å²) in [5, 5.41) is 18.9. The Morgan fingerprint density at radius 1 is 1.00 bits per heavy atom. The number of nitrogens with zero attached hydrogens (tertiary/aromatic N) is 2. The molecule has 1 heterocycles. The summed E-state index contributed by atoms with van der Waals surface area (Å²) in [6.07, 6.45) is -0.479. The Kier molecular flexibility index (Phi) is 4.87. The van der Waals surface area contributed by atoms with Gasteiger partial charge < -0.3 is 9.84 Å². The van der Waals surface area contributed by atoms with E-state index >= 15 is 0 Å². The van der Waals surface area contributed by atoms with Crippen molar-refractivity contribution in [1.29, 1.82) is 5.26 Å². The van der Waals surface area contributed by atoms with Crippen LogP contribution in [0, 0.1) is 11.3 Å². The topological polar surface area (TPSA) is 90.6 Å². The van der Waals surface area contributed by atoms with Crippen LogP contribution < -0.4 is 0 Å². The van der Waals surface area contributed by atoms with E-state index in [0.717, 1.165) is 33.4 Å². The molecule has 1 aliphatic carbocycles. The summed E-state index contributed by atoms with van der Waals surface area (Å²) in [4.78, 5) is 26.2. The molecule has 0 saturated heterocycles. The Labute approximate surface area is 185 Å². The molecule has 5 rings (SSSR count). The predicted octanol–water partition coefficient (Wildman–Crippen LogP) is 4.32. The first kappa shape index (κ1) is 19.8. The lowest BCUT2D eigenvalue weighted by Gasteiger charge is -2.34. The van der Waals surface area contributed by atoms with Gasteiger partial charge in [0.1, 0.15) is 12.6 Å². The van der Waals surface area contributed by atoms with Crippen LogP contribution in [0.2, 0.25) is 0 Å². The monoisotopic (exact) mass is 424 g/mol. The number of carboxylic acid groups (broad SMARTS) is 1. The Morgan fingerprint density at radius 2 is 1.66 bits per heavy atom. The lowest BCUT2D eigenvalue weighted by atomic mass is 9.93. The van der Waals surface area contributed by atoms with Gasteiger partial charge in [0.05, 0.1) is 18.2 Å². The minimum Gasteiger partial charge on any atom is -0.480 e. The number of ether oxygens (including phenoxy) is 1. The second-order valence-electron chi connectivity index (χ2n) is 8.09. The van der Waals surface area contributed by atoms with Crippen LogP contribution in [0.25, 0.3) is 11.1 Å². The van der Waals surface area contributed by atoms with Crippen molar-refractivity contribution in [1.82, 2.24) is 4.90 Å². The van der Waals surface area contributed by atoms with Crippen LogP contribution in [0.5, 0.6) is 0 Å². The minimum absolute atomic E-state index is 0.0957. The van der Waals surface area contributed by atoms with Crippen LogP contribution in [0.15, 0.2) is 66.7 Å². The Balaban J connectivity index is 1.39. The highest BCUT2D eigenvalue weighted by Gasteiger charge is 2.37. The quantitative estimate of drug-likeness (QED) is 0.676. The third kappa shape index (κ3) is 3.28. The molecular formula is C26H20N2O4. The van der Waals surface area contributed by atoms with Crippen molar-refractivity contribution in [2.24, 2.45) is 0 Å². The fraction of sp³-hybridized carbons (Fsp3) is 0.192. The van der Waals surface area contributed by atoms with Gasteiger partial charge in [0.2, 0.25) is 0 Å². The van der Waals surface area contributed by atoms with E-state index in [1.165, 1.54) is 4.90 Å². The number of fused-ring (bicyclic) bond motifs is 4. The predicted molar refractivity (Wildman–Crippen MR) is 117 cm³/mol. The summed E-state index contributed by atoms with van der Waals surface area (Å²) in [5.41, 5.74) is 6.53. The molecule has 1 aliphatic heterocycles. The number of carbonyl (C=O) groups excluding carboxylic acids is 1. The second kappa shape index (κ2) is 7.86. The maximum Gasteiger partial charge on any atom is 0.410 e. The second-order valence-corrected chi connectivity index (χ2v) is 8.09. The zero-order valence-corrected chi connectivity index (χ0v) is 17.2. The zero-order valence-electron chi connectivity index (χ0n) is 17.2. The molecule has 0 saturated carbocycles. The van der Waals surface area contributed by atoms with Crippen LogP contribution in [-0.4, -0.2) is 34.7 Å². The summed E-state index contributed by atoms with van der Waals surface area (Å²) in [6, 6.07) is 22.3. The number of carboxylic acids is 1. The molecule has 6 heteroatoms. The highest BCUT2D eigenvalue weighted by atomic mass is 16.6. The van der Waals surface area contributed by atoms with Gasteiger partial charge in [-0.1, -0.05) is 54.6 Å². The van der Waals surface area contributed by atoms with Crippen molar-refractivity contribution in [2.75, 3.05) is 6.61 Å². The first-order chi connectivity index (χ1) is 15.6. The van der Waals surface area contributed by atoms with Crippen LogP contribution in [0.1, 0.15) is 33.7 Å². The molecule has 0 spiro atoms. The van der Waals surface area contributed by atoms with Gasteiger partial charge in [0.15, 0.2) is 0 Å². The van der Waals surface area contributed by atoms with E-state index < -0.39 is 18.1 Å². The third-order valence-electron chi connectivity index (χ3n) is 6.32. The van der Waals surface area contributed by atoms with E-state index in [1.807, 2.05) is 36.4 Å². The first-order valence-electron chi connectivity index (χ1n) is 10.4. The summed E-state index contributed by atoms with van der Waals surface area (Å²) in [5.74, 6) is -1.18. The molecular weight excluding hydrogens is 404 g/mol. The van der Waals surface area contributed by atoms with Crippen LogP contribution in [-0.2, 0) is 22.5 Å². The Hall–Kier alpha value is -4.11. The lowest BCUT2D eigenvalue weighted by molar-refractivity contribution is -0.143. The minimum atomic E-state index is -1.08. The number of amides is 1. The molecule has 0 fully saturated rings. The molecule has 1 atom stereocenters. The normalized spacial score (nSPS) is 16.5. The van der Waals surface area contributed by atoms with Crippen molar-refractivity contribution >= 4 is 12.1 Å². The van der Waals surface area contributed by atoms with Crippen molar-refractivity contribution in [3.05, 3.63) is 94.5 Å². The fourth-order valence-corrected chi connectivity index (χ4v) is 4.74. The van der Waals surface area contributed by atoms with Crippen LogP contribution >= 0.6 is 0 Å². The van der Waals surface area contributed by atoms with Gasteiger partial charge in [0, 0.05) is 12.3 Å². The first-order valence-corrected chi connectivity index (χ1v) is 10.4. The van der Waals surface area contributed by atoms with E-state index in [2.05, 4.69) is 18.2 Å². The maximum atomic E-state index is 13.0. The number of nitriles is 1. The average molecular weight is 424 g/mol. The van der Waals surface area contributed by atoms with Gasteiger partial charge in [0.25, 0.3) is 0 Å². The number of carbonyl (C=O) groups is 2. The molecule has 0 bridgehead atoms. The molecule has 2 aliphatic rings. The zero-order chi connectivity index (χ0) is 22.2. The number of hydrogen-bond acceptors (Lipinski definition) is 4. The van der Waals surface area contributed by atoms with Crippen LogP contribution in [0.3, 0.4) is 0 Å². The molecule has 158 valence electrons. The van der Waals surface area contributed by atoms with Gasteiger partial charge in [-0.15, -0.1) is 0 Å². The van der Waals surface area contributed by atoms with Gasteiger partial charge in [-0.3, -0.25) is 4.90 Å². The molecule has 3 aromatic rings. The summed E-state index contributed by atoms with van der Waals surface area (Å²) in [7, 11) is 0. The molecule has 3 aromatic carbocycles. The number of rotatable bonds is 3. The summed E-state index contributed by atoms with van der Waals surface area (Å²) in [6.45, 7) is 0.222. The van der Waals surface area contributed by atoms with Gasteiger partial charge in [-0.05, 0) is 45.5 Å². The van der Waals surface area contributed by atoms with Crippen molar-refractivity contribution < 1.29 is 19.4 Å². The number of benzene rings is 3. The van der Waals surface area contributed by atoms with Crippen molar-refractivity contribution in [3.8, 4) is 17.2 Å². The average Bonchev–Trinajstić information content (AvgIpc) is 3.15. The van der Waals surface area contributed by atoms with Crippen LogP contribution in [0.4, 0.5) is 4.79 Å². The standard InChI is InChI=1S/C26H20N2O4/c27-13-16-9-10-17-12-24(25(29)30)28(14-18(17)11-16)26(31)32-15-23-21-7-3-1-5-19(21)20-6-2-4-8-22(20)23/h1-11,23-24H,12,14-15H2,(H,29,30). The van der Waals surface area contributed by atoms with E-state index in [9.17, 15) is 20.0 Å². The molecule has 1 amide bonds. The molecule has 32 heavy (non-hydrogen) atoms. The van der Waals surface area contributed by atoms with Gasteiger partial charge in [-0.2, -0.15) is 5.26 Å². The van der Waals surface area contributed by atoms with E-state index in [-0.39, 0.29) is 25.5 Å². The van der Waals surface area contributed by atoms with Gasteiger partial charge >= 0.3 is 12.1 Å². The molecule has 0 aromatic heterocycles. The van der Waals surface area contributed by atoms with Crippen molar-refractivity contribution in [3.63, 3.8) is 0 Å². The Bertz CT molecular complexity index is 1230. The van der Waals surface area contributed by atoms with E-state index in [1.54, 1.807) is 18.2 Å². The molecule has 6 nitrogen and oxygen atoms in total. The summed E-state index contributed by atoms with van der Waals surface area (Å²) >= 11 is 0. The Morgan fingerprint density at radius 3 is 2.28 bits per heavy atom. The largest absolute Gasteiger partial charge is 0.480 e. The number of hydrogen-bond donors (Lipinski definition) is 1. The molecule has 1 unspecified atom stereocenters. The van der Waals surface area contributed by atoms with E-state index in [4.69, 9.17) is 4.74 Å². The molecule has 1 N–H and O–H groups in total. The SMILES string of the molecule is N#Cc1ccc2c(c1)CN(C(=O)OCC1c3ccccc3-c3ccccc31)C(C(=O)O)C2. The smallest absolute Gasteiger partial charge is 0.410 e.